The van der Waals surface area contributed by atoms with Gasteiger partial charge in [-0.05, 0) is 12.8 Å². The number of anilines is 1. The zero-order valence-corrected chi connectivity index (χ0v) is 17.8. The molecule has 2 aliphatic heterocycles. The lowest BCUT2D eigenvalue weighted by molar-refractivity contribution is -0.124. The van der Waals surface area contributed by atoms with Gasteiger partial charge in [-0.1, -0.05) is 41.7 Å². The van der Waals surface area contributed by atoms with Crippen molar-refractivity contribution in [2.75, 3.05) is 18.5 Å². The fraction of sp³-hybridized carbons (Fsp3) is 0.333. The molecule has 3 aromatic rings. The van der Waals surface area contributed by atoms with Crippen LogP contribution in [0.2, 0.25) is 0 Å². The summed E-state index contributed by atoms with van der Waals surface area (Å²) in [6.07, 6.45) is 1.94. The quantitative estimate of drug-likeness (QED) is 0.670. The molecule has 4 heterocycles. The van der Waals surface area contributed by atoms with Crippen molar-refractivity contribution >= 4 is 39.6 Å². The van der Waals surface area contributed by atoms with E-state index in [9.17, 15) is 9.59 Å². The van der Waals surface area contributed by atoms with E-state index < -0.39 is 0 Å². The minimum absolute atomic E-state index is 0.0718. The van der Waals surface area contributed by atoms with Crippen LogP contribution in [-0.4, -0.2) is 45.9 Å². The molecule has 154 valence electrons. The van der Waals surface area contributed by atoms with Crippen molar-refractivity contribution in [3.8, 4) is 10.6 Å². The van der Waals surface area contributed by atoms with Gasteiger partial charge >= 0.3 is 0 Å². The largest absolute Gasteiger partial charge is 0.368 e. The van der Waals surface area contributed by atoms with Gasteiger partial charge in [0, 0.05) is 35.4 Å². The lowest BCUT2D eigenvalue weighted by atomic mass is 10.1. The number of carbonyl (C=O) groups excluding carboxylic acids is 2. The highest BCUT2D eigenvalue weighted by atomic mass is 32.1. The van der Waals surface area contributed by atoms with Crippen LogP contribution in [0.5, 0.6) is 0 Å². The summed E-state index contributed by atoms with van der Waals surface area (Å²) in [5.74, 6) is -0.208. The topological polar surface area (TPSA) is 84.4 Å². The van der Waals surface area contributed by atoms with E-state index in [0.717, 1.165) is 34.0 Å². The van der Waals surface area contributed by atoms with Gasteiger partial charge in [-0.2, -0.15) is 0 Å². The zero-order valence-electron chi connectivity index (χ0n) is 16.2. The molecule has 2 aromatic heterocycles. The van der Waals surface area contributed by atoms with Crippen LogP contribution in [0, 0.1) is 0 Å². The fourth-order valence-corrected chi connectivity index (χ4v) is 5.47. The van der Waals surface area contributed by atoms with Crippen molar-refractivity contribution in [2.45, 2.75) is 31.9 Å². The molecule has 0 aliphatic carbocycles. The van der Waals surface area contributed by atoms with E-state index in [1.54, 1.807) is 4.90 Å². The molecule has 0 spiro atoms. The van der Waals surface area contributed by atoms with Crippen LogP contribution >= 0.6 is 22.7 Å². The van der Waals surface area contributed by atoms with Crippen LogP contribution in [-0.2, 0) is 22.5 Å². The molecule has 1 fully saturated rings. The Hall–Kier alpha value is -2.62. The van der Waals surface area contributed by atoms with Crippen LogP contribution < -0.4 is 5.32 Å². The summed E-state index contributed by atoms with van der Waals surface area (Å²) in [7, 11) is 0. The minimum atomic E-state index is -0.382. The second-order valence-electron chi connectivity index (χ2n) is 7.26. The molecule has 1 aromatic carbocycles. The summed E-state index contributed by atoms with van der Waals surface area (Å²) in [5, 5.41) is 6.11. The number of fused-ring (bicyclic) bond motifs is 1. The number of nitrogens with one attached hydrogen (secondary N) is 1. The molecule has 0 radical (unpaired) electrons. The van der Waals surface area contributed by atoms with E-state index >= 15 is 0 Å². The highest BCUT2D eigenvalue weighted by Gasteiger charge is 2.28. The van der Waals surface area contributed by atoms with Crippen molar-refractivity contribution < 1.29 is 14.3 Å². The van der Waals surface area contributed by atoms with Crippen molar-refractivity contribution in [1.82, 2.24) is 14.9 Å². The summed E-state index contributed by atoms with van der Waals surface area (Å²) in [6, 6.07) is 9.86. The van der Waals surface area contributed by atoms with Gasteiger partial charge in [0.1, 0.15) is 16.8 Å². The third-order valence-corrected chi connectivity index (χ3v) is 7.10. The molecule has 7 nitrogen and oxygen atoms in total. The Labute approximate surface area is 181 Å². The summed E-state index contributed by atoms with van der Waals surface area (Å²) >= 11 is 2.91. The zero-order chi connectivity index (χ0) is 20.5. The van der Waals surface area contributed by atoms with Crippen molar-refractivity contribution in [3.63, 3.8) is 0 Å². The first-order valence-electron chi connectivity index (χ1n) is 9.88. The maximum atomic E-state index is 13.0. The van der Waals surface area contributed by atoms with Crippen LogP contribution in [0.15, 0.2) is 35.7 Å². The standard InChI is InChI=1S/C21H20N4O3S2/c26-18(16-7-4-10-28-16)24-21-23-14-8-9-25(11-17(14)30-21)20(27)15-12-29-19(22-15)13-5-2-1-3-6-13/h1-3,5-6,12,16H,4,7-11H2,(H,23,24,26). The Kier molecular flexibility index (Phi) is 5.32. The Morgan fingerprint density at radius 1 is 1.20 bits per heavy atom. The van der Waals surface area contributed by atoms with Crippen LogP contribution in [0.1, 0.15) is 33.9 Å². The van der Waals surface area contributed by atoms with E-state index in [0.29, 0.717) is 36.9 Å². The predicted octanol–water partition coefficient (Wildman–Crippen LogP) is 3.58. The number of aromatic nitrogens is 2. The molecule has 1 saturated heterocycles. The highest BCUT2D eigenvalue weighted by Crippen LogP contribution is 2.30. The normalized spacial score (nSPS) is 18.3. The third kappa shape index (κ3) is 3.88. The van der Waals surface area contributed by atoms with Crippen molar-refractivity contribution in [3.05, 3.63) is 52.0 Å². The smallest absolute Gasteiger partial charge is 0.273 e. The van der Waals surface area contributed by atoms with Gasteiger partial charge in [0.05, 0.1) is 12.2 Å². The van der Waals surface area contributed by atoms with Gasteiger partial charge < -0.3 is 9.64 Å². The van der Waals surface area contributed by atoms with E-state index in [1.807, 2.05) is 35.7 Å². The number of rotatable bonds is 4. The van der Waals surface area contributed by atoms with E-state index in [4.69, 9.17) is 4.74 Å². The molecule has 1 N–H and O–H groups in total. The molecule has 30 heavy (non-hydrogen) atoms. The fourth-order valence-electron chi connectivity index (χ4n) is 3.64. The Balaban J connectivity index is 1.26. The van der Waals surface area contributed by atoms with E-state index in [2.05, 4.69) is 15.3 Å². The summed E-state index contributed by atoms with van der Waals surface area (Å²) in [5.41, 5.74) is 2.44. The van der Waals surface area contributed by atoms with Gasteiger partial charge in [-0.25, -0.2) is 9.97 Å². The Bertz CT molecular complexity index is 1070. The molecule has 2 amide bonds. The molecule has 2 aliphatic rings. The number of nitrogens with zero attached hydrogens (tertiary/aromatic N) is 3. The minimum Gasteiger partial charge on any atom is -0.368 e. The molecule has 9 heteroatoms. The van der Waals surface area contributed by atoms with Crippen LogP contribution in [0.4, 0.5) is 5.13 Å². The highest BCUT2D eigenvalue weighted by molar-refractivity contribution is 7.16. The third-order valence-electron chi connectivity index (χ3n) is 5.21. The average molecular weight is 441 g/mol. The molecule has 0 saturated carbocycles. The van der Waals surface area contributed by atoms with Gasteiger partial charge in [0.15, 0.2) is 5.13 Å². The van der Waals surface area contributed by atoms with E-state index in [-0.39, 0.29) is 17.9 Å². The molecular weight excluding hydrogens is 420 g/mol. The molecule has 1 unspecified atom stereocenters. The number of benzene rings is 1. The van der Waals surface area contributed by atoms with Crippen LogP contribution in [0.3, 0.4) is 0 Å². The maximum Gasteiger partial charge on any atom is 0.273 e. The number of thiazole rings is 2. The number of carbonyl (C=O) groups is 2. The molecule has 5 rings (SSSR count). The lowest BCUT2D eigenvalue weighted by Crippen LogP contribution is -2.35. The lowest BCUT2D eigenvalue weighted by Gasteiger charge is -2.25. The molecule has 0 bridgehead atoms. The predicted molar refractivity (Wildman–Crippen MR) is 116 cm³/mol. The first-order chi connectivity index (χ1) is 14.7. The van der Waals surface area contributed by atoms with E-state index in [1.165, 1.54) is 22.7 Å². The number of amides is 2. The summed E-state index contributed by atoms with van der Waals surface area (Å²) < 4.78 is 5.43. The number of hydrogen-bond acceptors (Lipinski definition) is 7. The molecular formula is C21H20N4O3S2. The monoisotopic (exact) mass is 440 g/mol. The first kappa shape index (κ1) is 19.3. The van der Waals surface area contributed by atoms with Crippen LogP contribution in [0.25, 0.3) is 10.6 Å². The Morgan fingerprint density at radius 2 is 2.07 bits per heavy atom. The second-order valence-corrected chi connectivity index (χ2v) is 9.20. The van der Waals surface area contributed by atoms with Gasteiger partial charge in [-0.3, -0.25) is 14.9 Å². The first-order valence-corrected chi connectivity index (χ1v) is 11.6. The Morgan fingerprint density at radius 3 is 2.87 bits per heavy atom. The average Bonchev–Trinajstić information content (AvgIpc) is 3.53. The van der Waals surface area contributed by atoms with Gasteiger partial charge in [-0.15, -0.1) is 11.3 Å². The summed E-state index contributed by atoms with van der Waals surface area (Å²) in [6.45, 7) is 1.71. The maximum absolute atomic E-state index is 13.0. The van der Waals surface area contributed by atoms with Gasteiger partial charge in [0.25, 0.3) is 11.8 Å². The number of ether oxygens (including phenoxy) is 1. The number of hydrogen-bond donors (Lipinski definition) is 1. The van der Waals surface area contributed by atoms with Crippen molar-refractivity contribution in [1.29, 1.82) is 0 Å². The van der Waals surface area contributed by atoms with Crippen molar-refractivity contribution in [2.24, 2.45) is 0 Å². The SMILES string of the molecule is O=C(Nc1nc2c(s1)CN(C(=O)c1csc(-c3ccccc3)n1)CC2)C1CCCO1. The van der Waals surface area contributed by atoms with Gasteiger partial charge in [0.2, 0.25) is 0 Å². The summed E-state index contributed by atoms with van der Waals surface area (Å²) in [4.78, 5) is 37.2. The molecule has 1 atom stereocenters. The second kappa shape index (κ2) is 8.25.